The van der Waals surface area contributed by atoms with E-state index in [0.717, 1.165) is 5.57 Å². The minimum atomic E-state index is 1.12. The van der Waals surface area contributed by atoms with Crippen molar-refractivity contribution < 1.29 is 0 Å². The standard InChI is InChI=1S/C6H9/c1-4-6(3)5-2/h1,4-5H,2-3H3. The van der Waals surface area contributed by atoms with Gasteiger partial charge in [0.1, 0.15) is 0 Å². The Morgan fingerprint density at radius 3 is 2.17 bits per heavy atom. The van der Waals surface area contributed by atoms with E-state index < -0.39 is 0 Å². The lowest BCUT2D eigenvalue weighted by Gasteiger charge is -1.78. The van der Waals surface area contributed by atoms with Crippen LogP contribution in [0.2, 0.25) is 0 Å². The van der Waals surface area contributed by atoms with Crippen LogP contribution in [-0.2, 0) is 0 Å². The van der Waals surface area contributed by atoms with Crippen LogP contribution in [0.25, 0.3) is 0 Å². The number of hydrogen-bond acceptors (Lipinski definition) is 0. The Bertz CT molecular complexity index is 68.1. The van der Waals surface area contributed by atoms with Crippen molar-refractivity contribution in [3.05, 3.63) is 24.3 Å². The molecule has 0 aromatic heterocycles. The Labute approximate surface area is 39.2 Å². The highest BCUT2D eigenvalue weighted by Gasteiger charge is 1.66. The fourth-order valence-corrected chi connectivity index (χ4v) is 0.0962. The first kappa shape index (κ1) is 5.48. The van der Waals surface area contributed by atoms with Gasteiger partial charge < -0.3 is 0 Å². The molecule has 0 heteroatoms. The molecule has 0 spiro atoms. The molecular formula is C6H9. The molecule has 0 aliphatic rings. The molecule has 33 valence electrons. The van der Waals surface area contributed by atoms with Crippen LogP contribution in [0.15, 0.2) is 17.7 Å². The van der Waals surface area contributed by atoms with Gasteiger partial charge in [-0.25, -0.2) is 0 Å². The third-order valence-electron chi connectivity index (χ3n) is 0.718. The molecule has 0 aromatic carbocycles. The molecule has 0 fully saturated rings. The molecule has 0 atom stereocenters. The van der Waals surface area contributed by atoms with Crippen molar-refractivity contribution in [1.29, 1.82) is 0 Å². The van der Waals surface area contributed by atoms with Crippen LogP contribution in [0.1, 0.15) is 13.8 Å². The average molecular weight is 81.1 g/mol. The van der Waals surface area contributed by atoms with E-state index in [-0.39, 0.29) is 0 Å². The third-order valence-corrected chi connectivity index (χ3v) is 0.718. The summed E-state index contributed by atoms with van der Waals surface area (Å²) in [6.45, 7) is 9.00. The summed E-state index contributed by atoms with van der Waals surface area (Å²) in [5.41, 5.74) is 1.12. The van der Waals surface area contributed by atoms with Crippen molar-refractivity contribution in [3.63, 3.8) is 0 Å². The van der Waals surface area contributed by atoms with Gasteiger partial charge in [0.25, 0.3) is 0 Å². The molecule has 0 amide bonds. The Morgan fingerprint density at radius 2 is 2.17 bits per heavy atom. The summed E-state index contributed by atoms with van der Waals surface area (Å²) in [7, 11) is 0. The topological polar surface area (TPSA) is 0 Å². The highest BCUT2D eigenvalue weighted by molar-refractivity contribution is 5.09. The SMILES string of the molecule is [CH]=CC(C)=CC. The van der Waals surface area contributed by atoms with Crippen LogP contribution in [0.3, 0.4) is 0 Å². The van der Waals surface area contributed by atoms with Crippen LogP contribution in [0, 0.1) is 6.58 Å². The van der Waals surface area contributed by atoms with Crippen molar-refractivity contribution in [2.24, 2.45) is 0 Å². The van der Waals surface area contributed by atoms with Crippen LogP contribution in [0.5, 0.6) is 0 Å². The lowest BCUT2D eigenvalue weighted by Crippen LogP contribution is -1.57. The predicted octanol–water partition coefficient (Wildman–Crippen LogP) is 1.94. The van der Waals surface area contributed by atoms with E-state index in [0.29, 0.717) is 0 Å². The lowest BCUT2D eigenvalue weighted by molar-refractivity contribution is 1.48. The first-order valence-electron chi connectivity index (χ1n) is 1.99. The zero-order valence-corrected chi connectivity index (χ0v) is 4.23. The normalized spacial score (nSPS) is 11.3. The summed E-state index contributed by atoms with van der Waals surface area (Å²) < 4.78 is 0. The summed E-state index contributed by atoms with van der Waals surface area (Å²) in [5.74, 6) is 0. The van der Waals surface area contributed by atoms with Gasteiger partial charge in [0.15, 0.2) is 0 Å². The van der Waals surface area contributed by atoms with Crippen LogP contribution in [-0.4, -0.2) is 0 Å². The second-order valence-corrected chi connectivity index (χ2v) is 1.20. The molecule has 0 aliphatic carbocycles. The summed E-state index contributed by atoms with van der Waals surface area (Å²) in [6.07, 6.45) is 3.54. The van der Waals surface area contributed by atoms with Gasteiger partial charge in [0, 0.05) is 0 Å². The number of allylic oxidation sites excluding steroid dienone is 3. The van der Waals surface area contributed by atoms with Gasteiger partial charge in [-0.15, -0.1) is 0 Å². The van der Waals surface area contributed by atoms with Gasteiger partial charge in [-0.3, -0.25) is 0 Å². The summed E-state index contributed by atoms with van der Waals surface area (Å²) in [4.78, 5) is 0. The molecule has 0 unspecified atom stereocenters. The van der Waals surface area contributed by atoms with Crippen molar-refractivity contribution in [2.45, 2.75) is 13.8 Å². The number of rotatable bonds is 1. The molecule has 0 N–H and O–H groups in total. The monoisotopic (exact) mass is 81.1 g/mol. The van der Waals surface area contributed by atoms with Crippen LogP contribution < -0.4 is 0 Å². The second-order valence-electron chi connectivity index (χ2n) is 1.20. The van der Waals surface area contributed by atoms with Crippen LogP contribution >= 0.6 is 0 Å². The van der Waals surface area contributed by atoms with E-state index in [1.54, 1.807) is 6.08 Å². The molecular weight excluding hydrogens is 72.1 g/mol. The van der Waals surface area contributed by atoms with E-state index in [9.17, 15) is 0 Å². The molecule has 6 heavy (non-hydrogen) atoms. The van der Waals surface area contributed by atoms with Crippen LogP contribution in [0.4, 0.5) is 0 Å². The van der Waals surface area contributed by atoms with E-state index in [4.69, 9.17) is 6.58 Å². The smallest absolute Gasteiger partial charge is 0.0401 e. The first-order valence-corrected chi connectivity index (χ1v) is 1.99. The van der Waals surface area contributed by atoms with Gasteiger partial charge in [-0.1, -0.05) is 24.3 Å². The quantitative estimate of drug-likeness (QED) is 0.423. The van der Waals surface area contributed by atoms with Gasteiger partial charge >= 0.3 is 0 Å². The fraction of sp³-hybridized carbons (Fsp3) is 0.333. The van der Waals surface area contributed by atoms with Gasteiger partial charge in [-0.05, 0) is 13.8 Å². The zero-order valence-electron chi connectivity index (χ0n) is 4.23. The summed E-state index contributed by atoms with van der Waals surface area (Å²) in [6, 6.07) is 0. The minimum absolute atomic E-state index is 1.12. The first-order chi connectivity index (χ1) is 2.81. The minimum Gasteiger partial charge on any atom is -0.0847 e. The van der Waals surface area contributed by atoms with Gasteiger partial charge in [0.05, 0.1) is 0 Å². The van der Waals surface area contributed by atoms with E-state index in [1.165, 1.54) is 0 Å². The van der Waals surface area contributed by atoms with E-state index in [2.05, 4.69) is 0 Å². The third kappa shape index (κ3) is 1.77. The Hall–Kier alpha value is -0.520. The fourth-order valence-electron chi connectivity index (χ4n) is 0.0962. The molecule has 0 aromatic rings. The van der Waals surface area contributed by atoms with Crippen molar-refractivity contribution in [2.75, 3.05) is 0 Å². The Kier molecular flexibility index (Phi) is 2.47. The average Bonchev–Trinajstić information content (AvgIpc) is 1.65. The summed E-state index contributed by atoms with van der Waals surface area (Å²) >= 11 is 0. The molecule has 0 saturated carbocycles. The lowest BCUT2D eigenvalue weighted by atomic mass is 10.3. The van der Waals surface area contributed by atoms with Crippen molar-refractivity contribution in [3.8, 4) is 0 Å². The maximum absolute atomic E-state index is 5.09. The van der Waals surface area contributed by atoms with E-state index in [1.807, 2.05) is 19.9 Å². The van der Waals surface area contributed by atoms with Crippen molar-refractivity contribution in [1.82, 2.24) is 0 Å². The second kappa shape index (κ2) is 2.70. The Balaban J connectivity index is 3.50. The Morgan fingerprint density at radius 1 is 1.67 bits per heavy atom. The molecule has 0 bridgehead atoms. The largest absolute Gasteiger partial charge is 0.0847 e. The predicted molar refractivity (Wildman–Crippen MR) is 28.3 cm³/mol. The zero-order chi connectivity index (χ0) is 4.99. The van der Waals surface area contributed by atoms with Gasteiger partial charge in [-0.2, -0.15) is 0 Å². The van der Waals surface area contributed by atoms with Gasteiger partial charge in [0.2, 0.25) is 0 Å². The molecule has 0 saturated heterocycles. The molecule has 0 nitrogen and oxygen atoms in total. The van der Waals surface area contributed by atoms with Crippen molar-refractivity contribution >= 4 is 0 Å². The summed E-state index contributed by atoms with van der Waals surface area (Å²) in [5, 5.41) is 0. The highest BCUT2D eigenvalue weighted by atomic mass is 13.7. The van der Waals surface area contributed by atoms with E-state index >= 15 is 0 Å². The molecule has 1 radical (unpaired) electrons. The maximum atomic E-state index is 5.09. The molecule has 0 rings (SSSR count). The number of hydrogen-bond donors (Lipinski definition) is 0. The molecule has 0 heterocycles. The highest BCUT2D eigenvalue weighted by Crippen LogP contribution is 1.87. The maximum Gasteiger partial charge on any atom is -0.0401 e. The molecule has 0 aliphatic heterocycles.